The summed E-state index contributed by atoms with van der Waals surface area (Å²) in [6.45, 7) is 0.640. The number of hydrogen-bond donors (Lipinski definition) is 2. The maximum Gasteiger partial charge on any atom is 0.193 e. The van der Waals surface area contributed by atoms with Crippen LogP contribution < -0.4 is 11.1 Å². The van der Waals surface area contributed by atoms with E-state index in [2.05, 4.69) is 33.5 Å². The van der Waals surface area contributed by atoms with Gasteiger partial charge in [0.1, 0.15) is 0 Å². The predicted molar refractivity (Wildman–Crippen MR) is 86.5 cm³/mol. The molecule has 4 nitrogen and oxygen atoms in total. The molecule has 1 aromatic heterocycles. The molecule has 108 valence electrons. The Balaban J connectivity index is 1.56. The SMILES string of the molecule is NC(=NCCc1ccccn1)Nc1ccc2c(c1)CCC2. The Labute approximate surface area is 125 Å². The Morgan fingerprint density at radius 3 is 2.95 bits per heavy atom. The summed E-state index contributed by atoms with van der Waals surface area (Å²) in [7, 11) is 0. The minimum Gasteiger partial charge on any atom is -0.370 e. The third-order valence-electron chi connectivity index (χ3n) is 3.75. The molecule has 1 heterocycles. The molecule has 0 radical (unpaired) electrons. The molecular weight excluding hydrogens is 260 g/mol. The third-order valence-corrected chi connectivity index (χ3v) is 3.75. The van der Waals surface area contributed by atoms with Crippen LogP contribution in [0.25, 0.3) is 0 Å². The van der Waals surface area contributed by atoms with Crippen molar-refractivity contribution in [3.05, 3.63) is 59.4 Å². The molecule has 3 N–H and O–H groups in total. The number of benzene rings is 1. The van der Waals surface area contributed by atoms with Crippen molar-refractivity contribution < 1.29 is 0 Å². The van der Waals surface area contributed by atoms with Crippen LogP contribution in [0.1, 0.15) is 23.2 Å². The van der Waals surface area contributed by atoms with Gasteiger partial charge in [0, 0.05) is 30.5 Å². The molecule has 1 aromatic carbocycles. The van der Waals surface area contributed by atoms with Crippen molar-refractivity contribution in [1.29, 1.82) is 0 Å². The van der Waals surface area contributed by atoms with Crippen LogP contribution in [-0.4, -0.2) is 17.5 Å². The first-order valence-electron chi connectivity index (χ1n) is 7.40. The standard InChI is InChI=1S/C17H20N4/c18-17(20-11-9-15-6-1-2-10-19-15)21-16-8-7-13-4-3-5-14(13)12-16/h1-2,6-8,10,12H,3-5,9,11H2,(H3,18,20,21). The molecule has 0 bridgehead atoms. The van der Waals surface area contributed by atoms with Crippen molar-refractivity contribution in [2.24, 2.45) is 10.7 Å². The van der Waals surface area contributed by atoms with E-state index in [-0.39, 0.29) is 0 Å². The van der Waals surface area contributed by atoms with Gasteiger partial charge in [-0.2, -0.15) is 0 Å². The zero-order chi connectivity index (χ0) is 14.5. The quantitative estimate of drug-likeness (QED) is 0.668. The van der Waals surface area contributed by atoms with E-state index in [9.17, 15) is 0 Å². The van der Waals surface area contributed by atoms with E-state index in [4.69, 9.17) is 5.73 Å². The Hall–Kier alpha value is -2.36. The highest BCUT2D eigenvalue weighted by molar-refractivity contribution is 5.92. The van der Waals surface area contributed by atoms with Crippen LogP contribution in [0.5, 0.6) is 0 Å². The van der Waals surface area contributed by atoms with E-state index in [0.717, 1.165) is 17.8 Å². The fourth-order valence-corrected chi connectivity index (χ4v) is 2.67. The molecule has 0 spiro atoms. The lowest BCUT2D eigenvalue weighted by Crippen LogP contribution is -2.23. The number of hydrogen-bond acceptors (Lipinski definition) is 2. The van der Waals surface area contributed by atoms with Gasteiger partial charge in [-0.15, -0.1) is 0 Å². The lowest BCUT2D eigenvalue weighted by molar-refractivity contribution is 0.912. The molecule has 1 aliphatic rings. The van der Waals surface area contributed by atoms with Crippen molar-refractivity contribution in [2.45, 2.75) is 25.7 Å². The van der Waals surface area contributed by atoms with Gasteiger partial charge in [-0.3, -0.25) is 9.98 Å². The van der Waals surface area contributed by atoms with Gasteiger partial charge in [0.05, 0.1) is 0 Å². The van der Waals surface area contributed by atoms with Gasteiger partial charge in [-0.05, 0) is 54.7 Å². The summed E-state index contributed by atoms with van der Waals surface area (Å²) in [5, 5.41) is 3.17. The molecule has 0 atom stereocenters. The molecule has 0 saturated heterocycles. The maximum atomic E-state index is 5.93. The Kier molecular flexibility index (Phi) is 4.15. The summed E-state index contributed by atoms with van der Waals surface area (Å²) >= 11 is 0. The first-order valence-corrected chi connectivity index (χ1v) is 7.40. The van der Waals surface area contributed by atoms with Crippen LogP contribution in [0, 0.1) is 0 Å². The van der Waals surface area contributed by atoms with Crippen LogP contribution in [-0.2, 0) is 19.3 Å². The van der Waals surface area contributed by atoms with Crippen molar-refractivity contribution in [3.8, 4) is 0 Å². The molecule has 1 aliphatic carbocycles. The van der Waals surface area contributed by atoms with Crippen LogP contribution >= 0.6 is 0 Å². The van der Waals surface area contributed by atoms with Gasteiger partial charge in [0.15, 0.2) is 5.96 Å². The minimum absolute atomic E-state index is 0.462. The highest BCUT2D eigenvalue weighted by Gasteiger charge is 2.10. The molecular formula is C17H20N4. The van der Waals surface area contributed by atoms with Crippen molar-refractivity contribution in [3.63, 3.8) is 0 Å². The number of guanidine groups is 1. The lowest BCUT2D eigenvalue weighted by atomic mass is 10.1. The van der Waals surface area contributed by atoms with Crippen molar-refractivity contribution in [2.75, 3.05) is 11.9 Å². The molecule has 0 saturated carbocycles. The summed E-state index contributed by atoms with van der Waals surface area (Å²) in [5.74, 6) is 0.462. The first kappa shape index (κ1) is 13.6. The largest absolute Gasteiger partial charge is 0.370 e. The predicted octanol–water partition coefficient (Wildman–Crippen LogP) is 2.54. The number of nitrogens with two attached hydrogens (primary N) is 1. The van der Waals surface area contributed by atoms with Crippen molar-refractivity contribution >= 4 is 11.6 Å². The minimum atomic E-state index is 0.462. The number of anilines is 1. The van der Waals surface area contributed by atoms with E-state index in [1.165, 1.54) is 30.4 Å². The van der Waals surface area contributed by atoms with Crippen LogP contribution in [0.2, 0.25) is 0 Å². The number of aliphatic imine (C=N–C) groups is 1. The van der Waals surface area contributed by atoms with Gasteiger partial charge < -0.3 is 11.1 Å². The van der Waals surface area contributed by atoms with E-state index in [0.29, 0.717) is 12.5 Å². The number of pyridine rings is 1. The summed E-state index contributed by atoms with van der Waals surface area (Å²) in [5.41, 5.74) is 10.9. The average molecular weight is 280 g/mol. The van der Waals surface area contributed by atoms with E-state index < -0.39 is 0 Å². The fourth-order valence-electron chi connectivity index (χ4n) is 2.67. The second kappa shape index (κ2) is 6.39. The van der Waals surface area contributed by atoms with Gasteiger partial charge in [-0.25, -0.2) is 0 Å². The molecule has 0 unspecified atom stereocenters. The number of nitrogens with zero attached hydrogens (tertiary/aromatic N) is 2. The van der Waals surface area contributed by atoms with Crippen LogP contribution in [0.3, 0.4) is 0 Å². The Bertz CT molecular complexity index is 634. The zero-order valence-electron chi connectivity index (χ0n) is 12.0. The average Bonchev–Trinajstić information content (AvgIpc) is 2.96. The zero-order valence-corrected chi connectivity index (χ0v) is 12.0. The molecule has 3 rings (SSSR count). The van der Waals surface area contributed by atoms with Gasteiger partial charge in [-0.1, -0.05) is 12.1 Å². The topological polar surface area (TPSA) is 63.3 Å². The highest BCUT2D eigenvalue weighted by Crippen LogP contribution is 2.24. The summed E-state index contributed by atoms with van der Waals surface area (Å²) in [6.07, 6.45) is 6.22. The normalized spacial score (nSPS) is 14.0. The molecule has 4 heteroatoms. The molecule has 0 fully saturated rings. The Morgan fingerprint density at radius 2 is 2.10 bits per heavy atom. The monoisotopic (exact) mass is 280 g/mol. The van der Waals surface area contributed by atoms with Crippen LogP contribution in [0.4, 0.5) is 5.69 Å². The first-order chi connectivity index (χ1) is 10.3. The number of aryl methyl sites for hydroxylation is 2. The second-order valence-corrected chi connectivity index (χ2v) is 5.30. The summed E-state index contributed by atoms with van der Waals surface area (Å²) < 4.78 is 0. The van der Waals surface area contributed by atoms with Gasteiger partial charge in [0.25, 0.3) is 0 Å². The number of rotatable bonds is 4. The third kappa shape index (κ3) is 3.60. The van der Waals surface area contributed by atoms with Gasteiger partial charge >= 0.3 is 0 Å². The number of fused-ring (bicyclic) bond motifs is 1. The van der Waals surface area contributed by atoms with E-state index >= 15 is 0 Å². The lowest BCUT2D eigenvalue weighted by Gasteiger charge is -2.08. The molecule has 2 aromatic rings. The van der Waals surface area contributed by atoms with Gasteiger partial charge in [0.2, 0.25) is 0 Å². The highest BCUT2D eigenvalue weighted by atomic mass is 15.1. The summed E-state index contributed by atoms with van der Waals surface area (Å²) in [6, 6.07) is 12.3. The molecule has 21 heavy (non-hydrogen) atoms. The van der Waals surface area contributed by atoms with Crippen LogP contribution in [0.15, 0.2) is 47.6 Å². The van der Waals surface area contributed by atoms with Crippen molar-refractivity contribution in [1.82, 2.24) is 4.98 Å². The maximum absolute atomic E-state index is 5.93. The second-order valence-electron chi connectivity index (χ2n) is 5.30. The molecule has 0 amide bonds. The Morgan fingerprint density at radius 1 is 1.19 bits per heavy atom. The number of aromatic nitrogens is 1. The fraction of sp³-hybridized carbons (Fsp3) is 0.294. The summed E-state index contributed by atoms with van der Waals surface area (Å²) in [4.78, 5) is 8.62. The smallest absolute Gasteiger partial charge is 0.193 e. The van der Waals surface area contributed by atoms with E-state index in [1.54, 1.807) is 6.20 Å². The number of nitrogens with one attached hydrogen (secondary N) is 1. The van der Waals surface area contributed by atoms with E-state index in [1.807, 2.05) is 18.2 Å². The molecule has 0 aliphatic heterocycles.